The molecule has 0 unspecified atom stereocenters. The number of aromatic carboxylic acids is 1. The quantitative estimate of drug-likeness (QED) is 0.915. The van der Waals surface area contributed by atoms with Gasteiger partial charge in [0.1, 0.15) is 18.1 Å². The summed E-state index contributed by atoms with van der Waals surface area (Å²) < 4.78 is 7.36. The summed E-state index contributed by atoms with van der Waals surface area (Å²) in [5.41, 5.74) is 2.58. The summed E-state index contributed by atoms with van der Waals surface area (Å²) in [6.45, 7) is 7.94. The molecule has 0 aliphatic rings. The van der Waals surface area contributed by atoms with Gasteiger partial charge in [0, 0.05) is 6.04 Å². The lowest BCUT2D eigenvalue weighted by Gasteiger charge is -2.13. The Hall–Kier alpha value is -2.37. The highest BCUT2D eigenvalue weighted by Crippen LogP contribution is 2.22. The molecule has 0 aliphatic carbocycles. The highest BCUT2D eigenvalue weighted by Gasteiger charge is 2.21. The van der Waals surface area contributed by atoms with Crippen molar-refractivity contribution < 1.29 is 14.6 Å². The number of nitrogens with zero attached hydrogens (tertiary/aromatic N) is 3. The van der Waals surface area contributed by atoms with Crippen LogP contribution < -0.4 is 4.74 Å². The molecular formula is C15H19N3O3. The Balaban J connectivity index is 2.29. The summed E-state index contributed by atoms with van der Waals surface area (Å²) in [5, 5.41) is 16.8. The molecule has 6 nitrogen and oxygen atoms in total. The van der Waals surface area contributed by atoms with Crippen LogP contribution in [-0.2, 0) is 6.61 Å². The van der Waals surface area contributed by atoms with Crippen LogP contribution in [-0.4, -0.2) is 26.1 Å². The normalized spacial score (nSPS) is 10.9. The molecule has 0 fully saturated rings. The zero-order valence-electron chi connectivity index (χ0n) is 12.6. The third-order valence-electron chi connectivity index (χ3n) is 3.40. The predicted octanol–water partition coefficient (Wildman–Crippen LogP) is 2.75. The van der Waals surface area contributed by atoms with E-state index in [9.17, 15) is 9.90 Å². The van der Waals surface area contributed by atoms with Crippen molar-refractivity contribution in [1.29, 1.82) is 0 Å². The van der Waals surface area contributed by atoms with E-state index in [-0.39, 0.29) is 18.3 Å². The summed E-state index contributed by atoms with van der Waals surface area (Å²) in [7, 11) is 0. The van der Waals surface area contributed by atoms with Crippen molar-refractivity contribution in [3.8, 4) is 5.75 Å². The van der Waals surface area contributed by atoms with Crippen LogP contribution in [0.3, 0.4) is 0 Å². The molecule has 0 saturated carbocycles. The molecule has 1 aromatic carbocycles. The molecule has 0 saturated heterocycles. The zero-order chi connectivity index (χ0) is 15.6. The molecule has 1 aromatic heterocycles. The molecule has 0 radical (unpaired) electrons. The van der Waals surface area contributed by atoms with Crippen molar-refractivity contribution in [3.63, 3.8) is 0 Å². The number of rotatable bonds is 5. The van der Waals surface area contributed by atoms with Crippen molar-refractivity contribution in [2.45, 2.75) is 40.3 Å². The fourth-order valence-electron chi connectivity index (χ4n) is 2.06. The Kier molecular flexibility index (Phi) is 4.26. The number of carboxylic acid groups (broad SMARTS) is 1. The lowest BCUT2D eigenvalue weighted by Crippen LogP contribution is -2.13. The Labute approximate surface area is 123 Å². The SMILES string of the molecule is Cc1cccc(OCc2c(C(=O)O)nnn2C(C)C)c1C. The van der Waals surface area contributed by atoms with E-state index in [1.54, 1.807) is 4.68 Å². The first kappa shape index (κ1) is 15.0. The molecule has 0 aliphatic heterocycles. The van der Waals surface area contributed by atoms with Gasteiger partial charge in [-0.1, -0.05) is 17.3 Å². The third-order valence-corrected chi connectivity index (χ3v) is 3.40. The minimum absolute atomic E-state index is 0.0165. The van der Waals surface area contributed by atoms with Crippen molar-refractivity contribution in [2.75, 3.05) is 0 Å². The molecule has 0 atom stereocenters. The van der Waals surface area contributed by atoms with Gasteiger partial charge in [0.25, 0.3) is 0 Å². The van der Waals surface area contributed by atoms with Gasteiger partial charge in [0.15, 0.2) is 5.69 Å². The topological polar surface area (TPSA) is 77.2 Å². The van der Waals surface area contributed by atoms with Crippen LogP contribution in [0.5, 0.6) is 5.75 Å². The lowest BCUT2D eigenvalue weighted by atomic mass is 10.1. The van der Waals surface area contributed by atoms with Gasteiger partial charge in [-0.3, -0.25) is 0 Å². The highest BCUT2D eigenvalue weighted by molar-refractivity contribution is 5.86. The molecule has 2 rings (SSSR count). The third kappa shape index (κ3) is 3.04. The Bertz CT molecular complexity index is 662. The van der Waals surface area contributed by atoms with Crippen molar-refractivity contribution in [2.24, 2.45) is 0 Å². The maximum Gasteiger partial charge on any atom is 0.358 e. The Morgan fingerprint density at radius 3 is 2.71 bits per heavy atom. The molecule has 0 bridgehead atoms. The number of aromatic nitrogens is 3. The predicted molar refractivity (Wildman–Crippen MR) is 77.6 cm³/mol. The van der Waals surface area contributed by atoms with Crippen LogP contribution in [0.25, 0.3) is 0 Å². The second kappa shape index (κ2) is 5.95. The molecule has 0 spiro atoms. The number of ether oxygens (including phenoxy) is 1. The van der Waals surface area contributed by atoms with Crippen LogP contribution in [0.2, 0.25) is 0 Å². The largest absolute Gasteiger partial charge is 0.487 e. The van der Waals surface area contributed by atoms with Gasteiger partial charge >= 0.3 is 5.97 Å². The van der Waals surface area contributed by atoms with Gasteiger partial charge in [-0.05, 0) is 44.9 Å². The van der Waals surface area contributed by atoms with E-state index < -0.39 is 5.97 Å². The number of aryl methyl sites for hydroxylation is 1. The average molecular weight is 289 g/mol. The van der Waals surface area contributed by atoms with E-state index in [1.165, 1.54) is 0 Å². The molecule has 1 N–H and O–H groups in total. The van der Waals surface area contributed by atoms with Gasteiger partial charge in [0.2, 0.25) is 0 Å². The highest BCUT2D eigenvalue weighted by atomic mass is 16.5. The smallest absolute Gasteiger partial charge is 0.358 e. The molecule has 2 aromatic rings. The van der Waals surface area contributed by atoms with E-state index in [0.29, 0.717) is 5.69 Å². The maximum absolute atomic E-state index is 11.2. The Morgan fingerprint density at radius 2 is 2.10 bits per heavy atom. The van der Waals surface area contributed by atoms with Crippen LogP contribution in [0.15, 0.2) is 18.2 Å². The van der Waals surface area contributed by atoms with E-state index in [2.05, 4.69) is 10.3 Å². The second-order valence-electron chi connectivity index (χ2n) is 5.21. The summed E-state index contributed by atoms with van der Waals surface area (Å²) in [6.07, 6.45) is 0. The van der Waals surface area contributed by atoms with Crippen molar-refractivity contribution in [3.05, 3.63) is 40.7 Å². The molecule has 0 amide bonds. The fraction of sp³-hybridized carbons (Fsp3) is 0.400. The van der Waals surface area contributed by atoms with Gasteiger partial charge < -0.3 is 9.84 Å². The second-order valence-corrected chi connectivity index (χ2v) is 5.21. The molecule has 1 heterocycles. The molecular weight excluding hydrogens is 270 g/mol. The van der Waals surface area contributed by atoms with Crippen LogP contribution in [0, 0.1) is 13.8 Å². The summed E-state index contributed by atoms with van der Waals surface area (Å²) >= 11 is 0. The van der Waals surface area contributed by atoms with E-state index in [1.807, 2.05) is 45.9 Å². The minimum Gasteiger partial charge on any atom is -0.487 e. The first-order chi connectivity index (χ1) is 9.91. The van der Waals surface area contributed by atoms with Gasteiger partial charge in [-0.15, -0.1) is 5.10 Å². The first-order valence-electron chi connectivity index (χ1n) is 6.78. The standard InChI is InChI=1S/C15H19N3O3/c1-9(2)18-12(14(15(19)20)16-17-18)8-21-13-7-5-6-10(3)11(13)4/h5-7,9H,8H2,1-4H3,(H,19,20). The van der Waals surface area contributed by atoms with Crippen LogP contribution in [0.1, 0.15) is 47.2 Å². The summed E-state index contributed by atoms with van der Waals surface area (Å²) in [5.74, 6) is -0.357. The fourth-order valence-corrected chi connectivity index (χ4v) is 2.06. The number of carboxylic acids is 1. The Morgan fingerprint density at radius 1 is 1.38 bits per heavy atom. The van der Waals surface area contributed by atoms with E-state index in [0.717, 1.165) is 16.9 Å². The average Bonchev–Trinajstić information content (AvgIpc) is 2.84. The van der Waals surface area contributed by atoms with Gasteiger partial charge in [-0.2, -0.15) is 0 Å². The van der Waals surface area contributed by atoms with Gasteiger partial charge in [-0.25, -0.2) is 9.48 Å². The van der Waals surface area contributed by atoms with Gasteiger partial charge in [0.05, 0.1) is 0 Å². The molecule has 6 heteroatoms. The van der Waals surface area contributed by atoms with Crippen LogP contribution >= 0.6 is 0 Å². The van der Waals surface area contributed by atoms with Crippen molar-refractivity contribution in [1.82, 2.24) is 15.0 Å². The number of carbonyl (C=O) groups is 1. The van der Waals surface area contributed by atoms with E-state index >= 15 is 0 Å². The first-order valence-corrected chi connectivity index (χ1v) is 6.78. The lowest BCUT2D eigenvalue weighted by molar-refractivity contribution is 0.0687. The monoisotopic (exact) mass is 289 g/mol. The maximum atomic E-state index is 11.2. The molecule has 112 valence electrons. The molecule has 21 heavy (non-hydrogen) atoms. The number of hydrogen-bond acceptors (Lipinski definition) is 4. The summed E-state index contributed by atoms with van der Waals surface area (Å²) in [4.78, 5) is 11.2. The van der Waals surface area contributed by atoms with Crippen molar-refractivity contribution >= 4 is 5.97 Å². The summed E-state index contributed by atoms with van der Waals surface area (Å²) in [6, 6.07) is 5.80. The van der Waals surface area contributed by atoms with Crippen LogP contribution in [0.4, 0.5) is 0 Å². The number of benzene rings is 1. The zero-order valence-corrected chi connectivity index (χ0v) is 12.6. The minimum atomic E-state index is -1.10. The number of hydrogen-bond donors (Lipinski definition) is 1. The van der Waals surface area contributed by atoms with E-state index in [4.69, 9.17) is 4.74 Å².